The van der Waals surface area contributed by atoms with Crippen LogP contribution in [-0.2, 0) is 18.9 Å². The van der Waals surface area contributed by atoms with E-state index in [-0.39, 0.29) is 41.7 Å². The summed E-state index contributed by atoms with van der Waals surface area (Å²) in [6, 6.07) is 6.07. The summed E-state index contributed by atoms with van der Waals surface area (Å²) in [5.41, 5.74) is 1.19. The molecule has 32 heavy (non-hydrogen) atoms. The molecular formula is C23H25NO8. The fourth-order valence-electron chi connectivity index (χ4n) is 2.82. The van der Waals surface area contributed by atoms with Crippen LogP contribution < -0.4 is 4.74 Å². The summed E-state index contributed by atoms with van der Waals surface area (Å²) >= 11 is 0. The van der Waals surface area contributed by atoms with Crippen LogP contribution in [-0.4, -0.2) is 64.0 Å². The van der Waals surface area contributed by atoms with E-state index in [9.17, 15) is 14.4 Å². The highest BCUT2D eigenvalue weighted by Crippen LogP contribution is 2.34. The zero-order valence-electron chi connectivity index (χ0n) is 18.4. The highest BCUT2D eigenvalue weighted by atomic mass is 16.7. The van der Waals surface area contributed by atoms with Gasteiger partial charge in [-0.1, -0.05) is 12.7 Å². The highest BCUT2D eigenvalue weighted by molar-refractivity contribution is 6.04. The third-order valence-corrected chi connectivity index (χ3v) is 4.44. The number of ether oxygens (including phenoxy) is 5. The second kappa shape index (κ2) is 11.7. The number of methoxy groups -OCH3 is 3. The maximum absolute atomic E-state index is 12.9. The van der Waals surface area contributed by atoms with E-state index < -0.39 is 11.9 Å². The molecule has 2 aromatic rings. The van der Waals surface area contributed by atoms with Crippen molar-refractivity contribution in [2.45, 2.75) is 6.92 Å². The number of carbonyl (C=O) groups excluding carboxylic acids is 3. The molecule has 0 saturated carbocycles. The van der Waals surface area contributed by atoms with E-state index in [0.717, 1.165) is 0 Å². The van der Waals surface area contributed by atoms with Gasteiger partial charge in [0.2, 0.25) is 0 Å². The summed E-state index contributed by atoms with van der Waals surface area (Å²) in [7, 11) is 4.19. The van der Waals surface area contributed by atoms with Gasteiger partial charge in [-0.15, -0.1) is 0 Å². The molecule has 0 unspecified atom stereocenters. The van der Waals surface area contributed by atoms with Gasteiger partial charge >= 0.3 is 11.9 Å². The lowest BCUT2D eigenvalue weighted by atomic mass is 9.95. The number of Topliss-reactive ketones (excluding diaryl/α,β-unsaturated/α-hetero) is 1. The van der Waals surface area contributed by atoms with Crippen molar-refractivity contribution in [2.24, 2.45) is 0 Å². The maximum atomic E-state index is 12.9. The molecule has 0 spiro atoms. The third kappa shape index (κ3) is 5.77. The van der Waals surface area contributed by atoms with Crippen LogP contribution in [0.25, 0.3) is 17.2 Å². The summed E-state index contributed by atoms with van der Waals surface area (Å²) < 4.78 is 25.5. The minimum Gasteiger partial charge on any atom is -0.496 e. The number of nitrogens with zero attached hydrogens (tertiary/aromatic N) is 1. The summed E-state index contributed by atoms with van der Waals surface area (Å²) in [5, 5.41) is 0. The number of hydrogen-bond donors (Lipinski definition) is 0. The molecule has 0 amide bonds. The number of carbonyl (C=O) groups is 3. The Morgan fingerprint density at radius 1 is 1.03 bits per heavy atom. The van der Waals surface area contributed by atoms with Gasteiger partial charge in [0.15, 0.2) is 18.3 Å². The second-order valence-corrected chi connectivity index (χ2v) is 6.43. The molecule has 0 aliphatic heterocycles. The van der Waals surface area contributed by atoms with Gasteiger partial charge in [0.25, 0.3) is 0 Å². The standard InChI is InChI=1S/C23H25NO8/c1-6-15-11-18(22(26)32-13-31-10-9-28-3)17(12-20(15)29-4)16-7-8-19(14(2)25)24-21(16)23(27)30-5/h6-8,11-12H,1,9-10,13H2,2-5H3. The number of hydrogen-bond acceptors (Lipinski definition) is 9. The minimum atomic E-state index is -0.767. The van der Waals surface area contributed by atoms with Crippen molar-refractivity contribution < 1.29 is 38.1 Å². The van der Waals surface area contributed by atoms with Crippen LogP contribution in [0.2, 0.25) is 0 Å². The van der Waals surface area contributed by atoms with E-state index >= 15 is 0 Å². The van der Waals surface area contributed by atoms with Crippen molar-refractivity contribution in [3.05, 3.63) is 53.4 Å². The van der Waals surface area contributed by atoms with E-state index in [1.807, 2.05) is 0 Å². The molecule has 1 aromatic heterocycles. The number of aromatic nitrogens is 1. The van der Waals surface area contributed by atoms with Gasteiger partial charge in [0.05, 0.1) is 33.0 Å². The molecule has 0 N–H and O–H groups in total. The number of ketones is 1. The van der Waals surface area contributed by atoms with Crippen LogP contribution in [0.1, 0.15) is 43.8 Å². The van der Waals surface area contributed by atoms with Gasteiger partial charge in [0.1, 0.15) is 11.4 Å². The molecule has 0 fully saturated rings. The Bertz CT molecular complexity index is 1020. The maximum Gasteiger partial charge on any atom is 0.357 e. The monoisotopic (exact) mass is 443 g/mol. The first-order valence-corrected chi connectivity index (χ1v) is 9.56. The van der Waals surface area contributed by atoms with E-state index in [4.69, 9.17) is 23.7 Å². The van der Waals surface area contributed by atoms with Crippen LogP contribution >= 0.6 is 0 Å². The fourth-order valence-corrected chi connectivity index (χ4v) is 2.82. The summed E-state index contributed by atoms with van der Waals surface area (Å²) in [6.45, 7) is 5.38. The van der Waals surface area contributed by atoms with Crippen LogP contribution in [0.4, 0.5) is 0 Å². The largest absolute Gasteiger partial charge is 0.496 e. The topological polar surface area (TPSA) is 110 Å². The molecule has 0 aliphatic carbocycles. The normalized spacial score (nSPS) is 10.4. The average Bonchev–Trinajstić information content (AvgIpc) is 2.81. The average molecular weight is 443 g/mol. The van der Waals surface area contributed by atoms with Gasteiger partial charge in [-0.25, -0.2) is 14.6 Å². The van der Waals surface area contributed by atoms with Crippen molar-refractivity contribution in [1.82, 2.24) is 4.98 Å². The lowest BCUT2D eigenvalue weighted by Gasteiger charge is -2.16. The molecule has 0 bridgehead atoms. The number of rotatable bonds is 11. The molecule has 0 saturated heterocycles. The predicted molar refractivity (Wildman–Crippen MR) is 116 cm³/mol. The van der Waals surface area contributed by atoms with Crippen LogP contribution in [0.5, 0.6) is 5.75 Å². The van der Waals surface area contributed by atoms with E-state index in [1.54, 1.807) is 6.07 Å². The molecule has 170 valence electrons. The molecule has 1 heterocycles. The molecule has 9 nitrogen and oxygen atoms in total. The summed E-state index contributed by atoms with van der Waals surface area (Å²) in [5.74, 6) is -1.38. The molecule has 0 radical (unpaired) electrons. The zero-order chi connectivity index (χ0) is 23.7. The summed E-state index contributed by atoms with van der Waals surface area (Å²) in [6.07, 6.45) is 1.52. The number of pyridine rings is 1. The Morgan fingerprint density at radius 2 is 1.78 bits per heavy atom. The molecule has 0 atom stereocenters. The fraction of sp³-hybridized carbons (Fsp3) is 0.304. The van der Waals surface area contributed by atoms with E-state index in [1.165, 1.54) is 52.5 Å². The third-order valence-electron chi connectivity index (χ3n) is 4.44. The van der Waals surface area contributed by atoms with Gasteiger partial charge in [-0.05, 0) is 24.3 Å². The van der Waals surface area contributed by atoms with Crippen molar-refractivity contribution in [1.29, 1.82) is 0 Å². The molecule has 9 heteroatoms. The Morgan fingerprint density at radius 3 is 2.38 bits per heavy atom. The Balaban J connectivity index is 2.61. The second-order valence-electron chi connectivity index (χ2n) is 6.43. The Hall–Kier alpha value is -3.56. The van der Waals surface area contributed by atoms with Gasteiger partial charge in [-0.2, -0.15) is 0 Å². The molecule has 0 aliphatic rings. The van der Waals surface area contributed by atoms with E-state index in [2.05, 4.69) is 11.6 Å². The lowest BCUT2D eigenvalue weighted by Crippen LogP contribution is -2.14. The lowest BCUT2D eigenvalue weighted by molar-refractivity contribution is -0.0435. The number of benzene rings is 1. The van der Waals surface area contributed by atoms with Gasteiger partial charge < -0.3 is 23.7 Å². The van der Waals surface area contributed by atoms with Crippen LogP contribution in [0.15, 0.2) is 30.8 Å². The quantitative estimate of drug-likeness (QED) is 0.224. The molecule has 2 rings (SSSR count). The minimum absolute atomic E-state index is 0.0829. The first kappa shape index (κ1) is 24.7. The van der Waals surface area contributed by atoms with Crippen molar-refractivity contribution in [3.63, 3.8) is 0 Å². The van der Waals surface area contributed by atoms with Crippen molar-refractivity contribution in [2.75, 3.05) is 41.3 Å². The van der Waals surface area contributed by atoms with Gasteiger partial charge in [0, 0.05) is 30.7 Å². The smallest absolute Gasteiger partial charge is 0.357 e. The van der Waals surface area contributed by atoms with Crippen molar-refractivity contribution in [3.8, 4) is 16.9 Å². The van der Waals surface area contributed by atoms with Crippen molar-refractivity contribution >= 4 is 23.8 Å². The molecule has 1 aromatic carbocycles. The van der Waals surface area contributed by atoms with E-state index in [0.29, 0.717) is 23.5 Å². The first-order valence-electron chi connectivity index (χ1n) is 9.56. The zero-order valence-corrected chi connectivity index (χ0v) is 18.4. The Kier molecular flexibility index (Phi) is 9.06. The van der Waals surface area contributed by atoms with Crippen LogP contribution in [0.3, 0.4) is 0 Å². The Labute approximate surface area is 185 Å². The predicted octanol–water partition coefficient (Wildman–Crippen LogP) is 3.17. The SMILES string of the molecule is C=Cc1cc(C(=O)OCOCCOC)c(-c2ccc(C(C)=O)nc2C(=O)OC)cc1OC. The van der Waals surface area contributed by atoms with Gasteiger partial charge in [-0.3, -0.25) is 4.79 Å². The van der Waals surface area contributed by atoms with Crippen LogP contribution in [0, 0.1) is 0 Å². The first-order chi connectivity index (χ1) is 15.4. The number of esters is 2. The summed E-state index contributed by atoms with van der Waals surface area (Å²) in [4.78, 5) is 41.2. The molecular weight excluding hydrogens is 418 g/mol. The highest BCUT2D eigenvalue weighted by Gasteiger charge is 2.24.